The lowest BCUT2D eigenvalue weighted by atomic mass is 9.71. The average molecular weight is 300 g/mol. The number of ketones is 1. The molecule has 1 N–H and O–H groups in total. The molecular formula is C17H20N2OS. The maximum atomic E-state index is 12.7. The maximum absolute atomic E-state index is 12.7. The fraction of sp³-hybridized carbons (Fsp3) is 0.529. The van der Waals surface area contributed by atoms with Crippen LogP contribution < -0.4 is 0 Å². The van der Waals surface area contributed by atoms with Crippen LogP contribution in [0.4, 0.5) is 0 Å². The Morgan fingerprint density at radius 3 is 2.71 bits per heavy atom. The second-order valence-corrected chi connectivity index (χ2v) is 8.28. The number of fused-ring (bicyclic) bond motifs is 3. The fourth-order valence-corrected chi connectivity index (χ4v) is 5.78. The first-order valence-corrected chi connectivity index (χ1v) is 8.46. The van der Waals surface area contributed by atoms with Gasteiger partial charge < -0.3 is 4.98 Å². The predicted molar refractivity (Wildman–Crippen MR) is 85.4 cm³/mol. The van der Waals surface area contributed by atoms with Crippen molar-refractivity contribution < 1.29 is 4.79 Å². The van der Waals surface area contributed by atoms with Crippen molar-refractivity contribution in [2.24, 2.45) is 16.7 Å². The van der Waals surface area contributed by atoms with Crippen LogP contribution in [-0.4, -0.2) is 21.0 Å². The number of H-pyrrole nitrogens is 1. The third kappa shape index (κ3) is 1.62. The molecule has 3 nitrogen and oxygen atoms in total. The van der Waals surface area contributed by atoms with E-state index in [0.717, 1.165) is 29.0 Å². The van der Waals surface area contributed by atoms with Gasteiger partial charge in [0.2, 0.25) is 0 Å². The molecule has 1 aromatic carbocycles. The molecule has 4 heteroatoms. The van der Waals surface area contributed by atoms with Gasteiger partial charge in [0.1, 0.15) is 5.78 Å². The van der Waals surface area contributed by atoms with E-state index in [1.165, 1.54) is 0 Å². The molecule has 2 aliphatic carbocycles. The molecule has 21 heavy (non-hydrogen) atoms. The van der Waals surface area contributed by atoms with Crippen molar-refractivity contribution in [3.05, 3.63) is 24.3 Å². The minimum Gasteiger partial charge on any atom is -0.333 e. The summed E-state index contributed by atoms with van der Waals surface area (Å²) in [5.74, 6) is 0.656. The van der Waals surface area contributed by atoms with E-state index in [0.29, 0.717) is 5.78 Å². The van der Waals surface area contributed by atoms with Crippen LogP contribution in [0, 0.1) is 16.7 Å². The number of aromatic nitrogens is 2. The van der Waals surface area contributed by atoms with Gasteiger partial charge in [-0.25, -0.2) is 4.98 Å². The van der Waals surface area contributed by atoms with Gasteiger partial charge in [0.15, 0.2) is 5.16 Å². The Morgan fingerprint density at radius 1 is 1.29 bits per heavy atom. The van der Waals surface area contributed by atoms with Gasteiger partial charge >= 0.3 is 0 Å². The summed E-state index contributed by atoms with van der Waals surface area (Å²) in [6.45, 7) is 6.82. The Bertz CT molecular complexity index is 702. The van der Waals surface area contributed by atoms with Crippen LogP contribution in [0.1, 0.15) is 33.6 Å². The van der Waals surface area contributed by atoms with Crippen LogP contribution in [0.25, 0.3) is 11.0 Å². The van der Waals surface area contributed by atoms with Crippen molar-refractivity contribution in [2.75, 3.05) is 0 Å². The number of carbonyl (C=O) groups excluding carboxylic acids is 1. The number of nitrogens with zero attached hydrogens (tertiary/aromatic N) is 1. The molecule has 0 amide bonds. The predicted octanol–water partition coefficient (Wildman–Crippen LogP) is 4.05. The van der Waals surface area contributed by atoms with Gasteiger partial charge in [-0.05, 0) is 35.8 Å². The number of benzene rings is 1. The van der Waals surface area contributed by atoms with Crippen LogP contribution >= 0.6 is 11.8 Å². The van der Waals surface area contributed by atoms with E-state index >= 15 is 0 Å². The molecule has 110 valence electrons. The lowest BCUT2D eigenvalue weighted by molar-refractivity contribution is -0.122. The van der Waals surface area contributed by atoms with Crippen molar-refractivity contribution in [1.29, 1.82) is 0 Å². The summed E-state index contributed by atoms with van der Waals surface area (Å²) in [7, 11) is 0. The summed E-state index contributed by atoms with van der Waals surface area (Å²) in [4.78, 5) is 20.7. The van der Waals surface area contributed by atoms with Crippen molar-refractivity contribution in [3.8, 4) is 0 Å². The highest BCUT2D eigenvalue weighted by Gasteiger charge is 2.66. The number of hydrogen-bond acceptors (Lipinski definition) is 3. The Morgan fingerprint density at radius 2 is 2.05 bits per heavy atom. The van der Waals surface area contributed by atoms with E-state index in [9.17, 15) is 4.79 Å². The Labute approximate surface area is 128 Å². The van der Waals surface area contributed by atoms with Crippen LogP contribution in [-0.2, 0) is 4.79 Å². The summed E-state index contributed by atoms with van der Waals surface area (Å²) in [5, 5.41) is 0.908. The molecule has 2 saturated carbocycles. The summed E-state index contributed by atoms with van der Waals surface area (Å²) < 4.78 is 0. The van der Waals surface area contributed by atoms with Crippen molar-refractivity contribution in [1.82, 2.24) is 9.97 Å². The zero-order valence-corrected chi connectivity index (χ0v) is 13.5. The van der Waals surface area contributed by atoms with Crippen LogP contribution in [0.15, 0.2) is 29.4 Å². The number of rotatable bonds is 2. The highest BCUT2D eigenvalue weighted by molar-refractivity contribution is 8.00. The lowest BCUT2D eigenvalue weighted by Crippen LogP contribution is -2.35. The normalized spacial score (nSPS) is 34.0. The van der Waals surface area contributed by atoms with Gasteiger partial charge in [0.05, 0.1) is 16.3 Å². The molecule has 2 fully saturated rings. The van der Waals surface area contributed by atoms with Crippen LogP contribution in [0.2, 0.25) is 0 Å². The van der Waals surface area contributed by atoms with E-state index < -0.39 is 0 Å². The van der Waals surface area contributed by atoms with Crippen LogP contribution in [0.3, 0.4) is 0 Å². The number of thioether (sulfide) groups is 1. The number of para-hydroxylation sites is 2. The van der Waals surface area contributed by atoms with Gasteiger partial charge in [-0.3, -0.25) is 4.79 Å². The molecule has 4 rings (SSSR count). The highest BCUT2D eigenvalue weighted by atomic mass is 32.2. The molecule has 1 aromatic heterocycles. The first-order valence-electron chi connectivity index (χ1n) is 7.59. The molecule has 3 atom stereocenters. The summed E-state index contributed by atoms with van der Waals surface area (Å²) in [6.07, 6.45) is 2.20. The molecule has 2 aliphatic rings. The number of imidazole rings is 1. The minimum absolute atomic E-state index is 0.0341. The fourth-order valence-electron chi connectivity index (χ4n) is 4.27. The second kappa shape index (κ2) is 4.13. The largest absolute Gasteiger partial charge is 0.333 e. The second-order valence-electron chi connectivity index (χ2n) is 7.19. The van der Waals surface area contributed by atoms with Gasteiger partial charge in [-0.2, -0.15) is 0 Å². The van der Waals surface area contributed by atoms with E-state index in [-0.39, 0.29) is 22.0 Å². The van der Waals surface area contributed by atoms with Crippen molar-refractivity contribution in [3.63, 3.8) is 0 Å². The minimum atomic E-state index is 0.0341. The zero-order chi connectivity index (χ0) is 14.8. The Kier molecular flexibility index (Phi) is 2.63. The standard InChI is InChI=1S/C17H20N2OS/c1-16(2)10-8-9-17(16,3)14(13(10)20)21-15-18-11-6-4-5-7-12(11)19-15/h4-7,10,14H,8-9H2,1-3H3,(H,18,19)/t10-,14-,17-/m0/s1. The number of Topliss-reactive ketones (excluding diaryl/α,β-unsaturated/α-hetero) is 1. The van der Waals surface area contributed by atoms with Crippen molar-refractivity contribution >= 4 is 28.6 Å². The number of nitrogens with one attached hydrogen (secondary N) is 1. The molecule has 0 spiro atoms. The lowest BCUT2D eigenvalue weighted by Gasteiger charge is -2.37. The average Bonchev–Trinajstić information content (AvgIpc) is 2.98. The van der Waals surface area contributed by atoms with E-state index in [1.54, 1.807) is 11.8 Å². The van der Waals surface area contributed by atoms with Gasteiger partial charge in [0, 0.05) is 5.92 Å². The van der Waals surface area contributed by atoms with Crippen molar-refractivity contribution in [2.45, 2.75) is 44.0 Å². The van der Waals surface area contributed by atoms with E-state index in [1.807, 2.05) is 24.3 Å². The van der Waals surface area contributed by atoms with Gasteiger partial charge in [0.25, 0.3) is 0 Å². The summed E-state index contributed by atoms with van der Waals surface area (Å²) in [6, 6.07) is 8.03. The first-order chi connectivity index (χ1) is 9.93. The maximum Gasteiger partial charge on any atom is 0.167 e. The highest BCUT2D eigenvalue weighted by Crippen LogP contribution is 2.67. The summed E-state index contributed by atoms with van der Waals surface area (Å²) in [5.41, 5.74) is 2.20. The Balaban J connectivity index is 1.70. The smallest absolute Gasteiger partial charge is 0.167 e. The van der Waals surface area contributed by atoms with E-state index in [4.69, 9.17) is 0 Å². The quantitative estimate of drug-likeness (QED) is 0.910. The van der Waals surface area contributed by atoms with Gasteiger partial charge in [-0.1, -0.05) is 44.7 Å². The number of hydrogen-bond donors (Lipinski definition) is 1. The molecule has 1 heterocycles. The first kappa shape index (κ1) is 13.4. The third-order valence-corrected chi connectivity index (χ3v) is 7.48. The molecule has 0 aliphatic heterocycles. The molecule has 2 bridgehead atoms. The molecule has 2 aromatic rings. The van der Waals surface area contributed by atoms with Gasteiger partial charge in [-0.15, -0.1) is 0 Å². The topological polar surface area (TPSA) is 45.8 Å². The number of carbonyl (C=O) groups is 1. The molecule has 0 unspecified atom stereocenters. The monoisotopic (exact) mass is 300 g/mol. The van der Waals surface area contributed by atoms with Crippen LogP contribution in [0.5, 0.6) is 0 Å². The SMILES string of the molecule is CC1(C)[C@H]2CC[C@@]1(C)[C@@H](Sc1nc3ccccc3[nH]1)C2=O. The number of aromatic amines is 1. The third-order valence-electron chi connectivity index (χ3n) is 6.07. The summed E-state index contributed by atoms with van der Waals surface area (Å²) >= 11 is 1.63. The molecule has 0 saturated heterocycles. The molecule has 0 radical (unpaired) electrons. The zero-order valence-electron chi connectivity index (χ0n) is 12.6. The Hall–Kier alpha value is -1.29. The van der Waals surface area contributed by atoms with E-state index in [2.05, 4.69) is 30.7 Å². The molecular weight excluding hydrogens is 280 g/mol.